The molecule has 0 radical (unpaired) electrons. The lowest BCUT2D eigenvalue weighted by atomic mass is 10.4. The number of nitrogens with zero attached hydrogens (tertiary/aromatic N) is 5. The summed E-state index contributed by atoms with van der Waals surface area (Å²) in [5.41, 5.74) is 3.37. The molecule has 0 fully saturated rings. The summed E-state index contributed by atoms with van der Waals surface area (Å²) in [6.07, 6.45) is 3.69. The molecule has 3 aromatic heterocycles. The standard InChI is InChI=1S/C12H12N6OS/c1-17(12(19)15-11-16-14-8-20-11)7-9-6-13-10-4-2-3-5-18(9)10/h2-6,8H,7H2,1H3,(H,15,16,19). The number of fused-ring (bicyclic) bond motifs is 1. The van der Waals surface area contributed by atoms with Gasteiger partial charge >= 0.3 is 6.03 Å². The van der Waals surface area contributed by atoms with Crippen molar-refractivity contribution in [3.8, 4) is 0 Å². The van der Waals surface area contributed by atoms with E-state index in [-0.39, 0.29) is 6.03 Å². The van der Waals surface area contributed by atoms with Crippen molar-refractivity contribution in [2.75, 3.05) is 12.4 Å². The average molecular weight is 288 g/mol. The van der Waals surface area contributed by atoms with Gasteiger partial charge in [-0.2, -0.15) is 0 Å². The SMILES string of the molecule is CN(Cc1cnc2ccccn12)C(=O)Nc1nncs1. The number of aromatic nitrogens is 4. The molecule has 0 aliphatic heterocycles. The lowest BCUT2D eigenvalue weighted by molar-refractivity contribution is 0.220. The highest BCUT2D eigenvalue weighted by molar-refractivity contribution is 7.13. The summed E-state index contributed by atoms with van der Waals surface area (Å²) in [4.78, 5) is 17.9. The fraction of sp³-hybridized carbons (Fsp3) is 0.167. The van der Waals surface area contributed by atoms with Crippen LogP contribution in [-0.4, -0.2) is 37.6 Å². The van der Waals surface area contributed by atoms with Gasteiger partial charge in [0.15, 0.2) is 0 Å². The molecule has 0 aliphatic rings. The molecule has 3 rings (SSSR count). The minimum atomic E-state index is -0.229. The van der Waals surface area contributed by atoms with E-state index in [1.807, 2.05) is 28.8 Å². The van der Waals surface area contributed by atoms with Gasteiger partial charge in [-0.3, -0.25) is 5.32 Å². The number of hydrogen-bond donors (Lipinski definition) is 1. The number of amides is 2. The first-order valence-electron chi connectivity index (χ1n) is 5.93. The molecule has 0 saturated carbocycles. The van der Waals surface area contributed by atoms with Crippen molar-refractivity contribution < 1.29 is 4.79 Å². The zero-order chi connectivity index (χ0) is 13.9. The van der Waals surface area contributed by atoms with Crippen LogP contribution < -0.4 is 5.32 Å². The summed E-state index contributed by atoms with van der Waals surface area (Å²) >= 11 is 1.28. The third kappa shape index (κ3) is 2.45. The number of imidazole rings is 1. The van der Waals surface area contributed by atoms with E-state index < -0.39 is 0 Å². The lowest BCUT2D eigenvalue weighted by Gasteiger charge is -2.16. The molecule has 2 amide bonds. The van der Waals surface area contributed by atoms with Crippen molar-refractivity contribution >= 4 is 28.1 Å². The Balaban J connectivity index is 1.72. The zero-order valence-corrected chi connectivity index (χ0v) is 11.5. The number of pyridine rings is 1. The highest BCUT2D eigenvalue weighted by Crippen LogP contribution is 2.11. The monoisotopic (exact) mass is 288 g/mol. The topological polar surface area (TPSA) is 75.4 Å². The van der Waals surface area contributed by atoms with Gasteiger partial charge in [-0.25, -0.2) is 9.78 Å². The van der Waals surface area contributed by atoms with Crippen molar-refractivity contribution in [2.45, 2.75) is 6.54 Å². The maximum atomic E-state index is 12.0. The van der Waals surface area contributed by atoms with Crippen LogP contribution in [0.5, 0.6) is 0 Å². The molecule has 7 nitrogen and oxygen atoms in total. The van der Waals surface area contributed by atoms with Crippen LogP contribution >= 0.6 is 11.3 Å². The third-order valence-corrected chi connectivity index (χ3v) is 3.42. The van der Waals surface area contributed by atoms with Gasteiger partial charge in [0.05, 0.1) is 18.4 Å². The first-order chi connectivity index (χ1) is 9.74. The second-order valence-electron chi connectivity index (χ2n) is 4.21. The van der Waals surface area contributed by atoms with Gasteiger partial charge in [0.1, 0.15) is 11.2 Å². The predicted octanol–water partition coefficient (Wildman–Crippen LogP) is 1.85. The van der Waals surface area contributed by atoms with Crippen LogP contribution in [0.1, 0.15) is 5.69 Å². The minimum Gasteiger partial charge on any atom is -0.322 e. The lowest BCUT2D eigenvalue weighted by Crippen LogP contribution is -2.31. The van der Waals surface area contributed by atoms with E-state index in [0.717, 1.165) is 11.3 Å². The number of carbonyl (C=O) groups is 1. The van der Waals surface area contributed by atoms with Crippen molar-refractivity contribution in [3.05, 3.63) is 41.8 Å². The first kappa shape index (κ1) is 12.5. The van der Waals surface area contributed by atoms with Crippen LogP contribution in [0.4, 0.5) is 9.93 Å². The average Bonchev–Trinajstić information content (AvgIpc) is 3.09. The van der Waals surface area contributed by atoms with Crippen molar-refractivity contribution in [2.24, 2.45) is 0 Å². The fourth-order valence-electron chi connectivity index (χ4n) is 1.83. The Bertz CT molecular complexity index is 722. The number of rotatable bonds is 3. The minimum absolute atomic E-state index is 0.229. The summed E-state index contributed by atoms with van der Waals surface area (Å²) in [5, 5.41) is 10.6. The zero-order valence-electron chi connectivity index (χ0n) is 10.7. The number of hydrogen-bond acceptors (Lipinski definition) is 5. The quantitative estimate of drug-likeness (QED) is 0.798. The van der Waals surface area contributed by atoms with Crippen LogP contribution in [0.15, 0.2) is 36.1 Å². The second-order valence-corrected chi connectivity index (χ2v) is 5.04. The van der Waals surface area contributed by atoms with Crippen molar-refractivity contribution in [1.82, 2.24) is 24.5 Å². The third-order valence-electron chi connectivity index (χ3n) is 2.81. The Hall–Kier alpha value is -2.48. The number of anilines is 1. The van der Waals surface area contributed by atoms with E-state index in [2.05, 4.69) is 20.5 Å². The van der Waals surface area contributed by atoms with E-state index >= 15 is 0 Å². The smallest absolute Gasteiger partial charge is 0.322 e. The molecular formula is C12H12N6OS. The molecule has 102 valence electrons. The van der Waals surface area contributed by atoms with E-state index in [9.17, 15) is 4.79 Å². The summed E-state index contributed by atoms with van der Waals surface area (Å²) in [7, 11) is 1.72. The molecule has 0 unspecified atom stereocenters. The molecule has 0 aromatic carbocycles. The van der Waals surface area contributed by atoms with Crippen LogP contribution in [0.25, 0.3) is 5.65 Å². The van der Waals surface area contributed by atoms with Gasteiger partial charge in [-0.1, -0.05) is 17.4 Å². The number of nitrogens with one attached hydrogen (secondary N) is 1. The molecule has 0 bridgehead atoms. The fourth-order valence-corrected chi connectivity index (χ4v) is 2.27. The summed E-state index contributed by atoms with van der Waals surface area (Å²) in [5.74, 6) is 0. The van der Waals surface area contributed by atoms with Crippen LogP contribution in [-0.2, 0) is 6.54 Å². The van der Waals surface area contributed by atoms with Crippen LogP contribution in [0.3, 0.4) is 0 Å². The van der Waals surface area contributed by atoms with Gasteiger partial charge in [-0.15, -0.1) is 10.2 Å². The van der Waals surface area contributed by atoms with E-state index in [1.165, 1.54) is 11.3 Å². The highest BCUT2D eigenvalue weighted by atomic mass is 32.1. The largest absolute Gasteiger partial charge is 0.323 e. The number of urea groups is 1. The van der Waals surface area contributed by atoms with Crippen LogP contribution in [0.2, 0.25) is 0 Å². The number of carbonyl (C=O) groups excluding carboxylic acids is 1. The van der Waals surface area contributed by atoms with Gasteiger partial charge in [-0.05, 0) is 12.1 Å². The highest BCUT2D eigenvalue weighted by Gasteiger charge is 2.13. The van der Waals surface area contributed by atoms with Crippen molar-refractivity contribution in [3.63, 3.8) is 0 Å². The van der Waals surface area contributed by atoms with Gasteiger partial charge in [0, 0.05) is 13.2 Å². The maximum absolute atomic E-state index is 12.0. The summed E-state index contributed by atoms with van der Waals surface area (Å²) in [6.45, 7) is 0.454. The first-order valence-corrected chi connectivity index (χ1v) is 6.81. The normalized spacial score (nSPS) is 10.7. The molecule has 3 heterocycles. The van der Waals surface area contributed by atoms with E-state index in [4.69, 9.17) is 0 Å². The molecule has 8 heteroatoms. The van der Waals surface area contributed by atoms with Crippen LogP contribution in [0, 0.1) is 0 Å². The molecular weight excluding hydrogens is 276 g/mol. The molecule has 3 aromatic rings. The van der Waals surface area contributed by atoms with Gasteiger partial charge < -0.3 is 9.30 Å². The maximum Gasteiger partial charge on any atom is 0.323 e. The Labute approximate surface area is 118 Å². The molecule has 0 aliphatic carbocycles. The molecule has 0 saturated heterocycles. The Kier molecular flexibility index (Phi) is 3.30. The summed E-state index contributed by atoms with van der Waals surface area (Å²) in [6, 6.07) is 5.55. The van der Waals surface area contributed by atoms with Crippen molar-refractivity contribution in [1.29, 1.82) is 0 Å². The molecule has 0 atom stereocenters. The Morgan fingerprint density at radius 2 is 2.40 bits per heavy atom. The Morgan fingerprint density at radius 3 is 3.20 bits per heavy atom. The molecule has 0 spiro atoms. The summed E-state index contributed by atoms with van der Waals surface area (Å²) < 4.78 is 1.95. The van der Waals surface area contributed by atoms with E-state index in [0.29, 0.717) is 11.7 Å². The second kappa shape index (κ2) is 5.25. The Morgan fingerprint density at radius 1 is 1.50 bits per heavy atom. The predicted molar refractivity (Wildman–Crippen MR) is 75.6 cm³/mol. The molecule has 1 N–H and O–H groups in total. The van der Waals surface area contributed by atoms with E-state index in [1.54, 1.807) is 23.7 Å². The van der Waals surface area contributed by atoms with Gasteiger partial charge in [0.2, 0.25) is 5.13 Å². The molecule has 20 heavy (non-hydrogen) atoms. The van der Waals surface area contributed by atoms with Gasteiger partial charge in [0.25, 0.3) is 0 Å².